The van der Waals surface area contributed by atoms with E-state index in [1.54, 1.807) is 7.11 Å². The largest absolute Gasteiger partial charge is 0.497 e. The van der Waals surface area contributed by atoms with Gasteiger partial charge in [0.15, 0.2) is 0 Å². The maximum absolute atomic E-state index is 5.30. The van der Waals surface area contributed by atoms with Crippen LogP contribution in [0.2, 0.25) is 0 Å². The topological polar surface area (TPSA) is 21.3 Å². The average molecular weight is 314 g/mol. The Hall–Kier alpha value is -0.540. The molecule has 0 bridgehead atoms. The van der Waals surface area contributed by atoms with Gasteiger partial charge < -0.3 is 10.1 Å². The third-order valence-electron chi connectivity index (χ3n) is 3.88. The summed E-state index contributed by atoms with van der Waals surface area (Å²) in [6.45, 7) is 6.86. The molecule has 0 spiro atoms. The molecule has 1 atom stereocenters. The molecule has 0 fully saturated rings. The van der Waals surface area contributed by atoms with Crippen LogP contribution in [0, 0.1) is 5.41 Å². The fourth-order valence-corrected chi connectivity index (χ4v) is 2.48. The Labute approximate surface area is 119 Å². The SMILES string of the molecule is CCC(C)(C)C(Cc1cc(OC)ccc1Br)NC. The molecule has 0 aliphatic rings. The van der Waals surface area contributed by atoms with Gasteiger partial charge in [-0.1, -0.05) is 36.7 Å². The predicted molar refractivity (Wildman–Crippen MR) is 81.3 cm³/mol. The molecule has 2 nitrogen and oxygen atoms in total. The highest BCUT2D eigenvalue weighted by molar-refractivity contribution is 9.10. The molecular formula is C15H24BrNO. The van der Waals surface area contributed by atoms with Gasteiger partial charge in [-0.15, -0.1) is 0 Å². The fourth-order valence-electron chi connectivity index (χ4n) is 2.07. The maximum atomic E-state index is 5.30. The van der Waals surface area contributed by atoms with Crippen molar-refractivity contribution in [3.05, 3.63) is 28.2 Å². The van der Waals surface area contributed by atoms with Crippen LogP contribution >= 0.6 is 15.9 Å². The molecule has 0 saturated carbocycles. The zero-order valence-electron chi connectivity index (χ0n) is 12.0. The first-order chi connectivity index (χ1) is 8.44. The van der Waals surface area contributed by atoms with Crippen LogP contribution in [0.5, 0.6) is 5.75 Å². The van der Waals surface area contributed by atoms with E-state index >= 15 is 0 Å². The van der Waals surface area contributed by atoms with Crippen molar-refractivity contribution in [2.24, 2.45) is 5.41 Å². The molecule has 1 rings (SSSR count). The van der Waals surface area contributed by atoms with Crippen LogP contribution in [0.1, 0.15) is 32.8 Å². The zero-order chi connectivity index (χ0) is 13.8. The lowest BCUT2D eigenvalue weighted by Gasteiger charge is -2.33. The molecule has 0 amide bonds. The number of likely N-dealkylation sites (N-methyl/N-ethyl adjacent to an activating group) is 1. The molecule has 3 heteroatoms. The average Bonchev–Trinajstić information content (AvgIpc) is 2.37. The van der Waals surface area contributed by atoms with E-state index in [1.165, 1.54) is 5.56 Å². The zero-order valence-corrected chi connectivity index (χ0v) is 13.6. The normalized spacial score (nSPS) is 13.4. The van der Waals surface area contributed by atoms with Gasteiger partial charge in [0.25, 0.3) is 0 Å². The van der Waals surface area contributed by atoms with E-state index in [0.717, 1.165) is 23.1 Å². The third kappa shape index (κ3) is 3.72. The highest BCUT2D eigenvalue weighted by atomic mass is 79.9. The molecule has 1 aromatic rings. The molecule has 0 heterocycles. The maximum Gasteiger partial charge on any atom is 0.119 e. The number of benzene rings is 1. The van der Waals surface area contributed by atoms with E-state index < -0.39 is 0 Å². The molecule has 0 aliphatic heterocycles. The first-order valence-electron chi connectivity index (χ1n) is 6.44. The summed E-state index contributed by atoms with van der Waals surface area (Å²) >= 11 is 3.62. The Morgan fingerprint density at radius 2 is 2.06 bits per heavy atom. The van der Waals surface area contributed by atoms with E-state index in [2.05, 4.69) is 54.2 Å². The van der Waals surface area contributed by atoms with E-state index in [1.807, 2.05) is 13.1 Å². The smallest absolute Gasteiger partial charge is 0.119 e. The van der Waals surface area contributed by atoms with Gasteiger partial charge in [-0.2, -0.15) is 0 Å². The minimum atomic E-state index is 0.275. The summed E-state index contributed by atoms with van der Waals surface area (Å²) in [6, 6.07) is 6.60. The van der Waals surface area contributed by atoms with Crippen molar-refractivity contribution in [3.63, 3.8) is 0 Å². The lowest BCUT2D eigenvalue weighted by molar-refractivity contribution is 0.240. The van der Waals surface area contributed by atoms with Gasteiger partial charge in [0, 0.05) is 10.5 Å². The first-order valence-corrected chi connectivity index (χ1v) is 7.23. The van der Waals surface area contributed by atoms with Crippen molar-refractivity contribution in [2.75, 3.05) is 14.2 Å². The highest BCUT2D eigenvalue weighted by Gasteiger charge is 2.27. The molecular weight excluding hydrogens is 290 g/mol. The monoisotopic (exact) mass is 313 g/mol. The Kier molecular flexibility index (Phi) is 5.67. The second-order valence-electron chi connectivity index (χ2n) is 5.34. The summed E-state index contributed by atoms with van der Waals surface area (Å²) in [5, 5.41) is 3.44. The standard InChI is InChI=1S/C15H24BrNO/c1-6-15(2,3)14(17-4)10-11-9-12(18-5)7-8-13(11)16/h7-9,14,17H,6,10H2,1-5H3. The Bertz CT molecular complexity index is 390. The van der Waals surface area contributed by atoms with E-state index in [0.29, 0.717) is 6.04 Å². The first kappa shape index (κ1) is 15.5. The molecule has 0 aliphatic carbocycles. The molecule has 0 aromatic heterocycles. The van der Waals surface area contributed by atoms with Crippen LogP contribution < -0.4 is 10.1 Å². The number of nitrogens with one attached hydrogen (secondary N) is 1. The van der Waals surface area contributed by atoms with Gasteiger partial charge in [-0.05, 0) is 49.1 Å². The Morgan fingerprint density at radius 3 is 2.56 bits per heavy atom. The molecule has 102 valence electrons. The van der Waals surface area contributed by atoms with E-state index in [-0.39, 0.29) is 5.41 Å². The Balaban J connectivity index is 2.94. The van der Waals surface area contributed by atoms with Gasteiger partial charge in [-0.25, -0.2) is 0 Å². The van der Waals surface area contributed by atoms with Gasteiger partial charge in [0.2, 0.25) is 0 Å². The van der Waals surface area contributed by atoms with Crippen LogP contribution in [0.25, 0.3) is 0 Å². The van der Waals surface area contributed by atoms with Gasteiger partial charge in [0.1, 0.15) is 5.75 Å². The second-order valence-corrected chi connectivity index (χ2v) is 6.20. The van der Waals surface area contributed by atoms with Crippen molar-refractivity contribution in [3.8, 4) is 5.75 Å². The number of hydrogen-bond donors (Lipinski definition) is 1. The van der Waals surface area contributed by atoms with Crippen molar-refractivity contribution in [1.82, 2.24) is 5.32 Å². The van der Waals surface area contributed by atoms with Crippen molar-refractivity contribution >= 4 is 15.9 Å². The summed E-state index contributed by atoms with van der Waals surface area (Å²) in [7, 11) is 3.74. The quantitative estimate of drug-likeness (QED) is 0.856. The second kappa shape index (κ2) is 6.58. The summed E-state index contributed by atoms with van der Waals surface area (Å²) < 4.78 is 6.44. The number of methoxy groups -OCH3 is 1. The minimum absolute atomic E-state index is 0.275. The van der Waals surface area contributed by atoms with Crippen LogP contribution in [0.15, 0.2) is 22.7 Å². The van der Waals surface area contributed by atoms with Crippen LogP contribution in [-0.2, 0) is 6.42 Å². The molecule has 0 radical (unpaired) electrons. The molecule has 0 saturated heterocycles. The Morgan fingerprint density at radius 1 is 1.39 bits per heavy atom. The van der Waals surface area contributed by atoms with E-state index in [9.17, 15) is 0 Å². The lowest BCUT2D eigenvalue weighted by Crippen LogP contribution is -2.41. The third-order valence-corrected chi connectivity index (χ3v) is 4.65. The minimum Gasteiger partial charge on any atom is -0.497 e. The predicted octanol–water partition coefficient (Wildman–Crippen LogP) is 4.02. The summed E-state index contributed by atoms with van der Waals surface area (Å²) in [4.78, 5) is 0. The highest BCUT2D eigenvalue weighted by Crippen LogP contribution is 2.30. The lowest BCUT2D eigenvalue weighted by atomic mass is 9.79. The summed E-state index contributed by atoms with van der Waals surface area (Å²) in [6.07, 6.45) is 2.15. The number of ether oxygens (including phenoxy) is 1. The number of halogens is 1. The number of rotatable bonds is 6. The summed E-state index contributed by atoms with van der Waals surface area (Å²) in [5.41, 5.74) is 1.56. The molecule has 1 N–H and O–H groups in total. The van der Waals surface area contributed by atoms with Crippen molar-refractivity contribution in [2.45, 2.75) is 39.7 Å². The van der Waals surface area contributed by atoms with Gasteiger partial charge in [-0.3, -0.25) is 0 Å². The van der Waals surface area contributed by atoms with Gasteiger partial charge >= 0.3 is 0 Å². The van der Waals surface area contributed by atoms with Gasteiger partial charge in [0.05, 0.1) is 7.11 Å². The van der Waals surface area contributed by atoms with Crippen LogP contribution in [0.4, 0.5) is 0 Å². The molecule has 1 unspecified atom stereocenters. The van der Waals surface area contributed by atoms with Crippen molar-refractivity contribution < 1.29 is 4.74 Å². The van der Waals surface area contributed by atoms with Crippen molar-refractivity contribution in [1.29, 1.82) is 0 Å². The van der Waals surface area contributed by atoms with E-state index in [4.69, 9.17) is 4.74 Å². The van der Waals surface area contributed by atoms with Crippen LogP contribution in [-0.4, -0.2) is 20.2 Å². The summed E-state index contributed by atoms with van der Waals surface area (Å²) in [5.74, 6) is 0.914. The number of hydrogen-bond acceptors (Lipinski definition) is 2. The van der Waals surface area contributed by atoms with Crippen LogP contribution in [0.3, 0.4) is 0 Å². The molecule has 18 heavy (non-hydrogen) atoms. The molecule has 1 aromatic carbocycles. The fraction of sp³-hybridized carbons (Fsp3) is 0.600.